The molecule has 1 aromatic carbocycles. The lowest BCUT2D eigenvalue weighted by Gasteiger charge is -2.06. The minimum Gasteiger partial charge on any atom is -0.326 e. The minimum atomic E-state index is -0.301. The number of hydrogen-bond donors (Lipinski definition) is 1. The van der Waals surface area contributed by atoms with Crippen LogP contribution in [-0.4, -0.2) is 14.8 Å². The summed E-state index contributed by atoms with van der Waals surface area (Å²) in [5, 5.41) is 3.94. The molecule has 2 rings (SSSR count). The van der Waals surface area contributed by atoms with Gasteiger partial charge in [0.05, 0.1) is 0 Å². The zero-order valence-electron chi connectivity index (χ0n) is 9.13. The standard InChI is InChI=1S/C10H11FN4.2ClH/c1-15-10(13-6-14-15)9-4-8(11)3-2-7(9)5-12;;/h2-4,6H,5,12H2,1H3;2*1H. The van der Waals surface area contributed by atoms with Crippen molar-refractivity contribution in [3.05, 3.63) is 35.9 Å². The maximum atomic E-state index is 13.1. The van der Waals surface area contributed by atoms with E-state index in [1.165, 1.54) is 18.5 Å². The lowest BCUT2D eigenvalue weighted by Crippen LogP contribution is -2.03. The van der Waals surface area contributed by atoms with Gasteiger partial charge in [0, 0.05) is 19.2 Å². The van der Waals surface area contributed by atoms with Crippen molar-refractivity contribution >= 4 is 24.8 Å². The molecular formula is C10H13Cl2FN4. The molecule has 7 heteroatoms. The van der Waals surface area contributed by atoms with Gasteiger partial charge in [-0.3, -0.25) is 0 Å². The highest BCUT2D eigenvalue weighted by molar-refractivity contribution is 5.85. The van der Waals surface area contributed by atoms with Gasteiger partial charge in [0.25, 0.3) is 0 Å². The van der Waals surface area contributed by atoms with E-state index >= 15 is 0 Å². The lowest BCUT2D eigenvalue weighted by molar-refractivity contribution is 0.627. The van der Waals surface area contributed by atoms with E-state index in [9.17, 15) is 4.39 Å². The highest BCUT2D eigenvalue weighted by Gasteiger charge is 2.10. The summed E-state index contributed by atoms with van der Waals surface area (Å²) < 4.78 is 14.7. The van der Waals surface area contributed by atoms with E-state index in [-0.39, 0.29) is 30.6 Å². The lowest BCUT2D eigenvalue weighted by atomic mass is 10.1. The van der Waals surface area contributed by atoms with Crippen LogP contribution < -0.4 is 5.73 Å². The van der Waals surface area contributed by atoms with Gasteiger partial charge in [-0.2, -0.15) is 5.10 Å². The number of aryl methyl sites for hydroxylation is 1. The molecule has 0 spiro atoms. The van der Waals surface area contributed by atoms with Crippen LogP contribution in [0, 0.1) is 5.82 Å². The quantitative estimate of drug-likeness (QED) is 0.913. The number of hydrogen-bond acceptors (Lipinski definition) is 3. The molecule has 2 aromatic rings. The number of aromatic nitrogens is 3. The predicted molar refractivity (Wildman–Crippen MR) is 68.8 cm³/mol. The Morgan fingerprint density at radius 2 is 2.06 bits per heavy atom. The van der Waals surface area contributed by atoms with Gasteiger partial charge in [-0.15, -0.1) is 24.8 Å². The Kier molecular flexibility index (Phi) is 6.09. The summed E-state index contributed by atoms with van der Waals surface area (Å²) in [5.41, 5.74) is 7.12. The van der Waals surface area contributed by atoms with Crippen molar-refractivity contribution in [2.75, 3.05) is 0 Å². The molecule has 0 saturated heterocycles. The Labute approximate surface area is 111 Å². The molecule has 0 atom stereocenters. The second kappa shape index (κ2) is 6.54. The summed E-state index contributed by atoms with van der Waals surface area (Å²) in [6.45, 7) is 0.350. The molecule has 2 N–H and O–H groups in total. The van der Waals surface area contributed by atoms with Crippen molar-refractivity contribution < 1.29 is 4.39 Å². The van der Waals surface area contributed by atoms with Crippen molar-refractivity contribution in [2.45, 2.75) is 6.54 Å². The second-order valence-electron chi connectivity index (χ2n) is 3.21. The first kappa shape index (κ1) is 15.8. The molecule has 0 aliphatic heterocycles. The average Bonchev–Trinajstić information content (AvgIpc) is 2.64. The molecule has 17 heavy (non-hydrogen) atoms. The van der Waals surface area contributed by atoms with Crippen molar-refractivity contribution in [3.63, 3.8) is 0 Å². The van der Waals surface area contributed by atoms with E-state index in [4.69, 9.17) is 5.73 Å². The molecule has 94 valence electrons. The van der Waals surface area contributed by atoms with Crippen molar-refractivity contribution in [3.8, 4) is 11.4 Å². The molecule has 0 aliphatic rings. The van der Waals surface area contributed by atoms with Crippen molar-refractivity contribution in [1.29, 1.82) is 0 Å². The van der Waals surface area contributed by atoms with Crippen LogP contribution in [0.3, 0.4) is 0 Å². The first-order chi connectivity index (χ1) is 7.22. The Hall–Kier alpha value is -1.17. The number of rotatable bonds is 2. The van der Waals surface area contributed by atoms with Gasteiger partial charge in [0.2, 0.25) is 0 Å². The summed E-state index contributed by atoms with van der Waals surface area (Å²) in [5.74, 6) is 0.320. The van der Waals surface area contributed by atoms with Gasteiger partial charge in [-0.05, 0) is 17.7 Å². The Morgan fingerprint density at radius 3 is 2.59 bits per heavy atom. The fraction of sp³-hybridized carbons (Fsp3) is 0.200. The first-order valence-electron chi connectivity index (χ1n) is 4.55. The molecule has 1 aromatic heterocycles. The summed E-state index contributed by atoms with van der Waals surface area (Å²) in [4.78, 5) is 4.07. The van der Waals surface area contributed by atoms with Crippen LogP contribution >= 0.6 is 24.8 Å². The summed E-state index contributed by atoms with van der Waals surface area (Å²) in [7, 11) is 1.76. The number of halogens is 3. The molecule has 0 unspecified atom stereocenters. The van der Waals surface area contributed by atoms with Crippen LogP contribution in [0.5, 0.6) is 0 Å². The topological polar surface area (TPSA) is 56.7 Å². The van der Waals surface area contributed by atoms with Gasteiger partial charge < -0.3 is 5.73 Å². The number of benzene rings is 1. The van der Waals surface area contributed by atoms with E-state index in [1.807, 2.05) is 0 Å². The molecular weight excluding hydrogens is 266 g/mol. The first-order valence-corrected chi connectivity index (χ1v) is 4.55. The van der Waals surface area contributed by atoms with Gasteiger partial charge >= 0.3 is 0 Å². The Balaban J connectivity index is 0.00000128. The monoisotopic (exact) mass is 278 g/mol. The van der Waals surface area contributed by atoms with E-state index in [1.54, 1.807) is 17.8 Å². The maximum absolute atomic E-state index is 13.1. The zero-order chi connectivity index (χ0) is 10.8. The van der Waals surface area contributed by atoms with Gasteiger partial charge in [0.15, 0.2) is 5.82 Å². The molecule has 0 amide bonds. The van der Waals surface area contributed by atoms with Crippen LogP contribution in [0.4, 0.5) is 4.39 Å². The molecule has 0 bridgehead atoms. The normalized spacial score (nSPS) is 9.35. The summed E-state index contributed by atoms with van der Waals surface area (Å²) in [6.07, 6.45) is 1.43. The maximum Gasteiger partial charge on any atom is 0.158 e. The van der Waals surface area contributed by atoms with Crippen LogP contribution in [0.1, 0.15) is 5.56 Å². The third-order valence-electron chi connectivity index (χ3n) is 2.24. The Bertz CT molecular complexity index is 487. The second-order valence-corrected chi connectivity index (χ2v) is 3.21. The molecule has 0 fully saturated rings. The third kappa shape index (κ3) is 3.15. The van der Waals surface area contributed by atoms with E-state index in [0.717, 1.165) is 5.56 Å². The fourth-order valence-corrected chi connectivity index (χ4v) is 1.47. The molecule has 0 saturated carbocycles. The van der Waals surface area contributed by atoms with Gasteiger partial charge in [-0.25, -0.2) is 14.1 Å². The number of nitrogens with zero attached hydrogens (tertiary/aromatic N) is 3. The van der Waals surface area contributed by atoms with E-state index in [2.05, 4.69) is 10.1 Å². The average molecular weight is 279 g/mol. The van der Waals surface area contributed by atoms with Crippen LogP contribution in [0.25, 0.3) is 11.4 Å². The van der Waals surface area contributed by atoms with Crippen molar-refractivity contribution in [1.82, 2.24) is 14.8 Å². The molecule has 1 heterocycles. The summed E-state index contributed by atoms with van der Waals surface area (Å²) >= 11 is 0. The minimum absolute atomic E-state index is 0. The zero-order valence-corrected chi connectivity index (χ0v) is 10.8. The SMILES string of the molecule is Cl.Cl.Cn1ncnc1-c1cc(F)ccc1CN. The molecule has 0 radical (unpaired) electrons. The smallest absolute Gasteiger partial charge is 0.158 e. The van der Waals surface area contributed by atoms with Gasteiger partial charge in [-0.1, -0.05) is 6.07 Å². The third-order valence-corrected chi connectivity index (χ3v) is 2.24. The summed E-state index contributed by atoms with van der Waals surface area (Å²) in [6, 6.07) is 4.48. The van der Waals surface area contributed by atoms with Crippen LogP contribution in [0.15, 0.2) is 24.5 Å². The number of nitrogens with two attached hydrogens (primary N) is 1. The highest BCUT2D eigenvalue weighted by atomic mass is 35.5. The van der Waals surface area contributed by atoms with E-state index in [0.29, 0.717) is 17.9 Å². The molecule has 0 aliphatic carbocycles. The van der Waals surface area contributed by atoms with Crippen LogP contribution in [0.2, 0.25) is 0 Å². The van der Waals surface area contributed by atoms with E-state index < -0.39 is 0 Å². The highest BCUT2D eigenvalue weighted by Crippen LogP contribution is 2.21. The fourth-order valence-electron chi connectivity index (χ4n) is 1.47. The predicted octanol–water partition coefficient (Wildman–Crippen LogP) is 1.92. The Morgan fingerprint density at radius 1 is 1.35 bits per heavy atom. The van der Waals surface area contributed by atoms with Gasteiger partial charge in [0.1, 0.15) is 12.1 Å². The largest absolute Gasteiger partial charge is 0.326 e. The van der Waals surface area contributed by atoms with Crippen LogP contribution in [-0.2, 0) is 13.6 Å². The van der Waals surface area contributed by atoms with Crippen molar-refractivity contribution in [2.24, 2.45) is 12.8 Å². The molecule has 4 nitrogen and oxygen atoms in total.